The van der Waals surface area contributed by atoms with Crippen LogP contribution < -0.4 is 0 Å². The minimum atomic E-state index is -1.07. The molecule has 1 aliphatic rings. The first-order valence-corrected chi connectivity index (χ1v) is 6.65. The lowest BCUT2D eigenvalue weighted by Gasteiger charge is -2.32. The number of hydrogen-bond donors (Lipinski definition) is 0. The molecular weight excluding hydrogens is 244 g/mol. The van der Waals surface area contributed by atoms with Crippen molar-refractivity contribution in [2.24, 2.45) is 5.41 Å². The number of aromatic nitrogens is 2. The minimum absolute atomic E-state index is 0.0374. The van der Waals surface area contributed by atoms with Crippen molar-refractivity contribution in [1.82, 2.24) is 9.97 Å². The van der Waals surface area contributed by atoms with Crippen molar-refractivity contribution in [2.45, 2.75) is 39.0 Å². The second-order valence-electron chi connectivity index (χ2n) is 4.77. The SMILES string of the molecule is CCOC(=O)C1(Cc2ncccn2)CCCCC1=O. The Morgan fingerprint density at radius 2 is 2.11 bits per heavy atom. The molecule has 1 aromatic heterocycles. The van der Waals surface area contributed by atoms with E-state index in [0.717, 1.165) is 12.8 Å². The van der Waals surface area contributed by atoms with Gasteiger partial charge in [0.25, 0.3) is 0 Å². The van der Waals surface area contributed by atoms with Gasteiger partial charge in [-0.2, -0.15) is 0 Å². The van der Waals surface area contributed by atoms with Crippen molar-refractivity contribution >= 4 is 11.8 Å². The molecule has 0 aliphatic heterocycles. The molecule has 19 heavy (non-hydrogen) atoms. The molecule has 0 spiro atoms. The zero-order valence-electron chi connectivity index (χ0n) is 11.1. The summed E-state index contributed by atoms with van der Waals surface area (Å²) >= 11 is 0. The maximum Gasteiger partial charge on any atom is 0.320 e. The largest absolute Gasteiger partial charge is 0.465 e. The van der Waals surface area contributed by atoms with E-state index in [-0.39, 0.29) is 18.8 Å². The van der Waals surface area contributed by atoms with Crippen LogP contribution in [-0.4, -0.2) is 28.3 Å². The van der Waals surface area contributed by atoms with Gasteiger partial charge in [0, 0.05) is 25.2 Å². The summed E-state index contributed by atoms with van der Waals surface area (Å²) in [7, 11) is 0. The van der Waals surface area contributed by atoms with Crippen LogP contribution in [0, 0.1) is 5.41 Å². The molecule has 0 bridgehead atoms. The molecule has 0 radical (unpaired) electrons. The molecule has 1 heterocycles. The van der Waals surface area contributed by atoms with Crippen molar-refractivity contribution in [3.8, 4) is 0 Å². The number of nitrogens with zero attached hydrogens (tertiary/aromatic N) is 2. The zero-order chi connectivity index (χ0) is 13.7. The molecule has 0 aromatic carbocycles. The van der Waals surface area contributed by atoms with Gasteiger partial charge < -0.3 is 4.74 Å². The van der Waals surface area contributed by atoms with E-state index in [2.05, 4.69) is 9.97 Å². The standard InChI is InChI=1S/C14H18N2O3/c1-2-19-13(18)14(7-4-3-6-11(14)17)10-12-15-8-5-9-16-12/h5,8-9H,2-4,6-7,10H2,1H3. The fraction of sp³-hybridized carbons (Fsp3) is 0.571. The molecule has 1 unspecified atom stereocenters. The van der Waals surface area contributed by atoms with Crippen molar-refractivity contribution < 1.29 is 14.3 Å². The number of rotatable bonds is 4. The number of Topliss-reactive ketones (excluding diaryl/α,β-unsaturated/α-hetero) is 1. The van der Waals surface area contributed by atoms with E-state index in [0.29, 0.717) is 18.7 Å². The fourth-order valence-electron chi connectivity index (χ4n) is 2.53. The summed E-state index contributed by atoms with van der Waals surface area (Å²) in [5.41, 5.74) is -1.07. The topological polar surface area (TPSA) is 69.2 Å². The lowest BCUT2D eigenvalue weighted by molar-refractivity contribution is -0.162. The summed E-state index contributed by atoms with van der Waals surface area (Å²) in [6, 6.07) is 1.71. The maximum absolute atomic E-state index is 12.3. The van der Waals surface area contributed by atoms with E-state index in [1.807, 2.05) is 0 Å². The van der Waals surface area contributed by atoms with Crippen LogP contribution in [0.15, 0.2) is 18.5 Å². The third kappa shape index (κ3) is 2.80. The van der Waals surface area contributed by atoms with Crippen LogP contribution in [0.1, 0.15) is 38.4 Å². The maximum atomic E-state index is 12.3. The second kappa shape index (κ2) is 5.91. The quantitative estimate of drug-likeness (QED) is 0.610. The highest BCUT2D eigenvalue weighted by Gasteiger charge is 2.48. The molecule has 1 saturated carbocycles. The van der Waals surface area contributed by atoms with Gasteiger partial charge in [-0.15, -0.1) is 0 Å². The van der Waals surface area contributed by atoms with Gasteiger partial charge in [-0.05, 0) is 25.8 Å². The first-order valence-electron chi connectivity index (χ1n) is 6.65. The Hall–Kier alpha value is -1.78. The zero-order valence-corrected chi connectivity index (χ0v) is 11.1. The highest BCUT2D eigenvalue weighted by Crippen LogP contribution is 2.37. The first-order chi connectivity index (χ1) is 9.19. The lowest BCUT2D eigenvalue weighted by Crippen LogP contribution is -2.45. The van der Waals surface area contributed by atoms with Crippen LogP contribution >= 0.6 is 0 Å². The summed E-state index contributed by atoms with van der Waals surface area (Å²) in [5, 5.41) is 0. The lowest BCUT2D eigenvalue weighted by atomic mass is 9.70. The Bertz CT molecular complexity index is 461. The monoisotopic (exact) mass is 262 g/mol. The van der Waals surface area contributed by atoms with Crippen molar-refractivity contribution in [3.05, 3.63) is 24.3 Å². The van der Waals surface area contributed by atoms with Gasteiger partial charge in [-0.1, -0.05) is 6.42 Å². The minimum Gasteiger partial charge on any atom is -0.465 e. The van der Waals surface area contributed by atoms with Crippen LogP contribution in [0.3, 0.4) is 0 Å². The Kier molecular flexibility index (Phi) is 4.24. The van der Waals surface area contributed by atoms with Gasteiger partial charge in [-0.25, -0.2) is 9.97 Å². The van der Waals surface area contributed by atoms with Gasteiger partial charge >= 0.3 is 5.97 Å². The van der Waals surface area contributed by atoms with Crippen molar-refractivity contribution in [2.75, 3.05) is 6.61 Å². The average molecular weight is 262 g/mol. The molecule has 1 atom stereocenters. The molecule has 0 N–H and O–H groups in total. The summed E-state index contributed by atoms with van der Waals surface area (Å²) in [6.45, 7) is 2.03. The molecule has 1 aromatic rings. The van der Waals surface area contributed by atoms with Gasteiger partial charge in [0.05, 0.1) is 6.61 Å². The third-order valence-corrected chi connectivity index (χ3v) is 3.54. The van der Waals surface area contributed by atoms with Crippen LogP contribution in [-0.2, 0) is 20.7 Å². The van der Waals surface area contributed by atoms with E-state index in [4.69, 9.17) is 4.74 Å². The van der Waals surface area contributed by atoms with Crippen molar-refractivity contribution in [3.63, 3.8) is 0 Å². The third-order valence-electron chi connectivity index (χ3n) is 3.54. The molecule has 1 fully saturated rings. The van der Waals surface area contributed by atoms with E-state index in [9.17, 15) is 9.59 Å². The van der Waals surface area contributed by atoms with Crippen molar-refractivity contribution in [1.29, 1.82) is 0 Å². The first kappa shape index (κ1) is 13.6. The highest BCUT2D eigenvalue weighted by molar-refractivity contribution is 6.04. The fourth-order valence-corrected chi connectivity index (χ4v) is 2.53. The predicted octanol–water partition coefficient (Wildman–Crippen LogP) is 1.71. The normalized spacial score (nSPS) is 23.1. The molecular formula is C14H18N2O3. The van der Waals surface area contributed by atoms with E-state index in [1.54, 1.807) is 25.4 Å². The number of ketones is 1. The summed E-state index contributed by atoms with van der Waals surface area (Å²) in [4.78, 5) is 32.8. The molecule has 5 heteroatoms. The highest BCUT2D eigenvalue weighted by atomic mass is 16.5. The van der Waals surface area contributed by atoms with Crippen LogP contribution in [0.2, 0.25) is 0 Å². The van der Waals surface area contributed by atoms with E-state index < -0.39 is 11.4 Å². The molecule has 102 valence electrons. The van der Waals surface area contributed by atoms with Crippen LogP contribution in [0.4, 0.5) is 0 Å². The number of ether oxygens (including phenoxy) is 1. The predicted molar refractivity (Wildman–Crippen MR) is 68.3 cm³/mol. The van der Waals surface area contributed by atoms with Gasteiger partial charge in [-0.3, -0.25) is 9.59 Å². The molecule has 5 nitrogen and oxygen atoms in total. The number of carbonyl (C=O) groups is 2. The summed E-state index contributed by atoms with van der Waals surface area (Å²) in [5.74, 6) is 0.0580. The smallest absolute Gasteiger partial charge is 0.320 e. The van der Waals surface area contributed by atoms with Gasteiger partial charge in [0.1, 0.15) is 11.2 Å². The molecule has 1 aliphatic carbocycles. The van der Waals surface area contributed by atoms with E-state index >= 15 is 0 Å². The second-order valence-corrected chi connectivity index (χ2v) is 4.77. The van der Waals surface area contributed by atoms with Crippen LogP contribution in [0.5, 0.6) is 0 Å². The Morgan fingerprint density at radius 3 is 2.74 bits per heavy atom. The summed E-state index contributed by atoms with van der Waals surface area (Å²) < 4.78 is 5.11. The van der Waals surface area contributed by atoms with Crippen LogP contribution in [0.25, 0.3) is 0 Å². The molecule has 2 rings (SSSR count). The Morgan fingerprint density at radius 1 is 1.37 bits per heavy atom. The van der Waals surface area contributed by atoms with E-state index in [1.165, 1.54) is 0 Å². The molecule has 0 saturated heterocycles. The Labute approximate surface area is 112 Å². The van der Waals surface area contributed by atoms with Gasteiger partial charge in [0.2, 0.25) is 0 Å². The number of carbonyl (C=O) groups excluding carboxylic acids is 2. The number of esters is 1. The molecule has 0 amide bonds. The summed E-state index contributed by atoms with van der Waals surface area (Å²) in [6.07, 6.45) is 6.15. The average Bonchev–Trinajstić information content (AvgIpc) is 2.43. The Balaban J connectivity index is 2.28. The van der Waals surface area contributed by atoms with Gasteiger partial charge in [0.15, 0.2) is 5.78 Å². The number of hydrogen-bond acceptors (Lipinski definition) is 5.